The van der Waals surface area contributed by atoms with Gasteiger partial charge in [-0.25, -0.2) is 14.2 Å². The van der Waals surface area contributed by atoms with E-state index in [0.29, 0.717) is 11.3 Å². The van der Waals surface area contributed by atoms with Crippen molar-refractivity contribution in [1.29, 1.82) is 5.26 Å². The van der Waals surface area contributed by atoms with Crippen molar-refractivity contribution in [3.63, 3.8) is 0 Å². The molecule has 25 heavy (non-hydrogen) atoms. The fourth-order valence-electron chi connectivity index (χ4n) is 2.99. The number of hydrogen-bond donors (Lipinski definition) is 0. The first kappa shape index (κ1) is 15.3. The third-order valence-corrected chi connectivity index (χ3v) is 4.41. The zero-order valence-corrected chi connectivity index (χ0v) is 14.2. The average Bonchev–Trinajstić information content (AvgIpc) is 3.33. The van der Waals surface area contributed by atoms with Crippen LogP contribution in [-0.2, 0) is 7.05 Å². The predicted octanol–water partition coefficient (Wildman–Crippen LogP) is 1.81. The van der Waals surface area contributed by atoms with E-state index in [1.807, 2.05) is 38.3 Å². The largest absolute Gasteiger partial charge is 0.340 e. The second-order valence-electron chi connectivity index (χ2n) is 6.11. The van der Waals surface area contributed by atoms with Crippen LogP contribution in [0.2, 0.25) is 0 Å². The summed E-state index contributed by atoms with van der Waals surface area (Å²) in [4.78, 5) is 11.0. The number of hydrogen-bond acceptors (Lipinski definition) is 6. The number of aryl methyl sites for hydroxylation is 2. The molecule has 0 aliphatic carbocycles. The number of fused-ring (bicyclic) bond motifs is 1. The Balaban J connectivity index is 1.62. The number of nitrogens with zero attached hydrogens (tertiary/aromatic N) is 8. The first-order valence-corrected chi connectivity index (χ1v) is 8.26. The molecule has 3 aromatic rings. The summed E-state index contributed by atoms with van der Waals surface area (Å²) in [5.41, 5.74) is 2.57. The van der Waals surface area contributed by atoms with Crippen LogP contribution in [0.1, 0.15) is 35.7 Å². The molecule has 0 atom stereocenters. The molecule has 3 aromatic heterocycles. The molecule has 8 heteroatoms. The van der Waals surface area contributed by atoms with Crippen LogP contribution in [0, 0.1) is 18.3 Å². The maximum atomic E-state index is 9.07. The summed E-state index contributed by atoms with van der Waals surface area (Å²) in [6.07, 6.45) is 6.19. The van der Waals surface area contributed by atoms with E-state index in [-0.39, 0.29) is 0 Å². The van der Waals surface area contributed by atoms with Gasteiger partial charge in [-0.3, -0.25) is 0 Å². The molecule has 0 unspecified atom stereocenters. The molecule has 0 aromatic carbocycles. The Morgan fingerprint density at radius 3 is 2.68 bits per heavy atom. The molecule has 0 radical (unpaired) electrons. The Bertz CT molecular complexity index is 998. The minimum Gasteiger partial charge on any atom is -0.340 e. The molecule has 1 aliphatic heterocycles. The SMILES string of the molecule is Cc1c(C#N)nc2ccc(C=Cc3nc(N4CCCC4)nn3C)nn12. The number of anilines is 1. The van der Waals surface area contributed by atoms with Crippen molar-refractivity contribution >= 4 is 23.7 Å². The van der Waals surface area contributed by atoms with E-state index in [1.165, 1.54) is 12.8 Å². The van der Waals surface area contributed by atoms with Crippen molar-refractivity contribution in [2.24, 2.45) is 7.05 Å². The fraction of sp³-hybridized carbons (Fsp3) is 0.353. The summed E-state index contributed by atoms with van der Waals surface area (Å²) < 4.78 is 3.46. The summed E-state index contributed by atoms with van der Waals surface area (Å²) in [5.74, 6) is 1.57. The van der Waals surface area contributed by atoms with Gasteiger partial charge in [-0.05, 0) is 44.1 Å². The van der Waals surface area contributed by atoms with Gasteiger partial charge < -0.3 is 4.90 Å². The van der Waals surface area contributed by atoms with E-state index in [4.69, 9.17) is 5.26 Å². The van der Waals surface area contributed by atoms with Gasteiger partial charge >= 0.3 is 0 Å². The topological polar surface area (TPSA) is 87.9 Å². The molecular formula is C17H18N8. The Labute approximate surface area is 145 Å². The van der Waals surface area contributed by atoms with Gasteiger partial charge in [0.25, 0.3) is 0 Å². The molecule has 0 amide bonds. The van der Waals surface area contributed by atoms with Gasteiger partial charge in [0, 0.05) is 20.1 Å². The Morgan fingerprint density at radius 2 is 1.92 bits per heavy atom. The van der Waals surface area contributed by atoms with Gasteiger partial charge in [0.05, 0.1) is 11.4 Å². The van der Waals surface area contributed by atoms with Crippen LogP contribution in [0.4, 0.5) is 5.95 Å². The third-order valence-electron chi connectivity index (χ3n) is 4.41. The highest BCUT2D eigenvalue weighted by atomic mass is 15.4. The van der Waals surface area contributed by atoms with E-state index in [0.717, 1.165) is 36.3 Å². The molecule has 0 saturated carbocycles. The highest BCUT2D eigenvalue weighted by Crippen LogP contribution is 2.17. The van der Waals surface area contributed by atoms with Crippen molar-refractivity contribution in [1.82, 2.24) is 29.4 Å². The molecular weight excluding hydrogens is 316 g/mol. The summed E-state index contributed by atoms with van der Waals surface area (Å²) in [5, 5.41) is 18.1. The molecule has 4 heterocycles. The maximum absolute atomic E-state index is 9.07. The van der Waals surface area contributed by atoms with Crippen LogP contribution >= 0.6 is 0 Å². The van der Waals surface area contributed by atoms with Gasteiger partial charge in [-0.2, -0.15) is 15.3 Å². The van der Waals surface area contributed by atoms with Crippen molar-refractivity contribution in [3.05, 3.63) is 35.0 Å². The molecule has 0 bridgehead atoms. The first-order valence-electron chi connectivity index (χ1n) is 8.26. The highest BCUT2D eigenvalue weighted by Gasteiger charge is 2.17. The Hall–Kier alpha value is -3.21. The van der Waals surface area contributed by atoms with Crippen LogP contribution in [0.3, 0.4) is 0 Å². The lowest BCUT2D eigenvalue weighted by Gasteiger charge is -2.10. The lowest BCUT2D eigenvalue weighted by molar-refractivity contribution is 0.747. The Morgan fingerprint density at radius 1 is 1.12 bits per heavy atom. The molecule has 1 aliphatic rings. The van der Waals surface area contributed by atoms with Crippen molar-refractivity contribution < 1.29 is 0 Å². The van der Waals surface area contributed by atoms with Gasteiger partial charge in [-0.1, -0.05) is 0 Å². The van der Waals surface area contributed by atoms with Crippen LogP contribution in [0.15, 0.2) is 12.1 Å². The molecule has 8 nitrogen and oxygen atoms in total. The first-order chi connectivity index (χ1) is 12.2. The number of imidazole rings is 1. The van der Waals surface area contributed by atoms with Crippen LogP contribution in [-0.4, -0.2) is 42.5 Å². The number of aromatic nitrogens is 6. The summed E-state index contributed by atoms with van der Waals surface area (Å²) in [6.45, 7) is 3.88. The predicted molar refractivity (Wildman–Crippen MR) is 93.8 cm³/mol. The van der Waals surface area contributed by atoms with Crippen LogP contribution < -0.4 is 4.90 Å². The van der Waals surface area contributed by atoms with Crippen LogP contribution in [0.5, 0.6) is 0 Å². The zero-order valence-electron chi connectivity index (χ0n) is 14.2. The molecule has 126 valence electrons. The minimum atomic E-state index is 0.400. The number of rotatable bonds is 3. The lowest BCUT2D eigenvalue weighted by atomic mass is 10.3. The molecule has 1 fully saturated rings. The lowest BCUT2D eigenvalue weighted by Crippen LogP contribution is -2.19. The molecule has 4 rings (SSSR count). The molecule has 1 saturated heterocycles. The third kappa shape index (κ3) is 2.74. The second-order valence-corrected chi connectivity index (χ2v) is 6.11. The highest BCUT2D eigenvalue weighted by molar-refractivity contribution is 5.65. The average molecular weight is 334 g/mol. The van der Waals surface area contributed by atoms with E-state index >= 15 is 0 Å². The monoisotopic (exact) mass is 334 g/mol. The van der Waals surface area contributed by atoms with Gasteiger partial charge in [0.2, 0.25) is 5.95 Å². The van der Waals surface area contributed by atoms with Crippen LogP contribution in [0.25, 0.3) is 17.8 Å². The van der Waals surface area contributed by atoms with Gasteiger partial charge in [0.1, 0.15) is 6.07 Å². The zero-order chi connectivity index (χ0) is 17.4. The molecule has 0 N–H and O–H groups in total. The second kappa shape index (κ2) is 6.02. The van der Waals surface area contributed by atoms with E-state index in [2.05, 4.69) is 31.1 Å². The van der Waals surface area contributed by atoms with E-state index in [9.17, 15) is 0 Å². The minimum absolute atomic E-state index is 0.400. The summed E-state index contributed by atoms with van der Waals surface area (Å²) in [7, 11) is 1.89. The quantitative estimate of drug-likeness (QED) is 0.726. The van der Waals surface area contributed by atoms with Gasteiger partial charge in [0.15, 0.2) is 17.2 Å². The Kier molecular flexibility index (Phi) is 3.69. The normalized spacial score (nSPS) is 14.7. The smallest absolute Gasteiger partial charge is 0.245 e. The van der Waals surface area contributed by atoms with Crippen molar-refractivity contribution in [3.8, 4) is 6.07 Å². The van der Waals surface area contributed by atoms with E-state index < -0.39 is 0 Å². The number of nitriles is 1. The molecule has 0 spiro atoms. The van der Waals surface area contributed by atoms with Crippen molar-refractivity contribution in [2.75, 3.05) is 18.0 Å². The van der Waals surface area contributed by atoms with Gasteiger partial charge in [-0.15, -0.1) is 5.10 Å². The van der Waals surface area contributed by atoms with Crippen molar-refractivity contribution in [2.45, 2.75) is 19.8 Å². The summed E-state index contributed by atoms with van der Waals surface area (Å²) >= 11 is 0. The van der Waals surface area contributed by atoms with E-state index in [1.54, 1.807) is 9.20 Å². The summed E-state index contributed by atoms with van der Waals surface area (Å²) in [6, 6.07) is 5.81. The standard InChI is InChI=1S/C17H18N8/c1-12-14(11-18)19-16-8-6-13(21-25(12)16)5-7-15-20-17(22-23(15)2)24-9-3-4-10-24/h5-8H,3-4,9-10H2,1-2H3. The fourth-order valence-corrected chi connectivity index (χ4v) is 2.99. The maximum Gasteiger partial charge on any atom is 0.245 e.